The zero-order valence-electron chi connectivity index (χ0n) is 25.9. The van der Waals surface area contributed by atoms with E-state index in [4.69, 9.17) is 0 Å². The number of carbonyl (C=O) groups is 2. The van der Waals surface area contributed by atoms with Crippen molar-refractivity contribution in [1.29, 1.82) is 0 Å². The average molecular weight is 635 g/mol. The number of hydrogen-bond acceptors (Lipinski definition) is 3. The molecule has 3 aromatic carbocycles. The second kappa shape index (κ2) is 12.2. The minimum absolute atomic E-state index is 0.0303. The Morgan fingerprint density at radius 1 is 0.830 bits per heavy atom. The molecule has 47 heavy (non-hydrogen) atoms. The Balaban J connectivity index is 1.25. The molecule has 0 spiro atoms. The van der Waals surface area contributed by atoms with Gasteiger partial charge >= 0.3 is 6.18 Å². The number of hydrogen-bond donors (Lipinski definition) is 0. The van der Waals surface area contributed by atoms with Gasteiger partial charge in [0, 0.05) is 35.9 Å². The van der Waals surface area contributed by atoms with Gasteiger partial charge in [0.25, 0.3) is 11.8 Å². The van der Waals surface area contributed by atoms with E-state index in [1.165, 1.54) is 17.0 Å². The first kappa shape index (κ1) is 30.5. The highest BCUT2D eigenvalue weighted by molar-refractivity contribution is 6.07. The van der Waals surface area contributed by atoms with E-state index in [1.807, 2.05) is 46.0 Å². The maximum Gasteiger partial charge on any atom is 0.417 e. The monoisotopic (exact) mass is 634 g/mol. The summed E-state index contributed by atoms with van der Waals surface area (Å²) < 4.78 is 45.3. The molecule has 7 rings (SSSR count). The third kappa shape index (κ3) is 5.71. The molecule has 4 heterocycles. The molecule has 1 atom stereocenters. The van der Waals surface area contributed by atoms with Crippen LogP contribution in [0.1, 0.15) is 74.1 Å². The number of rotatable bonds is 4. The van der Waals surface area contributed by atoms with Crippen LogP contribution in [0.2, 0.25) is 0 Å². The number of anilines is 1. The fraction of sp³-hybridized carbons (Fsp3) is 0.237. The Bertz CT molecular complexity index is 1970. The predicted octanol–water partition coefficient (Wildman–Crippen LogP) is 8.45. The maximum absolute atomic E-state index is 14.5. The van der Waals surface area contributed by atoms with Gasteiger partial charge in [-0.1, -0.05) is 54.6 Å². The molecule has 0 saturated carbocycles. The van der Waals surface area contributed by atoms with Gasteiger partial charge in [0.2, 0.25) is 0 Å². The van der Waals surface area contributed by atoms with Crippen LogP contribution in [-0.4, -0.2) is 32.8 Å². The lowest BCUT2D eigenvalue weighted by molar-refractivity contribution is -0.137. The smallest absolute Gasteiger partial charge is 0.334 e. The third-order valence-corrected chi connectivity index (χ3v) is 9.31. The van der Waals surface area contributed by atoms with E-state index in [9.17, 15) is 22.8 Å². The van der Waals surface area contributed by atoms with E-state index in [0.717, 1.165) is 42.1 Å². The molecular weight excluding hydrogens is 601 g/mol. The Morgan fingerprint density at radius 3 is 2.43 bits per heavy atom. The Labute approximate surface area is 271 Å². The van der Waals surface area contributed by atoms with Crippen molar-refractivity contribution in [2.75, 3.05) is 11.4 Å². The zero-order valence-corrected chi connectivity index (χ0v) is 25.9. The van der Waals surface area contributed by atoms with Gasteiger partial charge in [-0.15, -0.1) is 0 Å². The number of amides is 2. The van der Waals surface area contributed by atoms with Crippen LogP contribution >= 0.6 is 0 Å². The molecule has 5 aromatic rings. The standard InChI is InChI=1S/C38H33F3N4O2/c1-25-9-2-4-12-30(25)31-17-15-26(21-32(31)38(39,40)41)36(46)45-24-29-16-18-35(44(29)23-28-10-3-5-13-34(28)45)37(47)43-20-7-6-14-33(43)27-11-8-19-42-22-27/h2-5,8-13,15-19,21-22,33H,6-7,14,20,23-24H2,1H3. The number of alkyl halides is 3. The summed E-state index contributed by atoms with van der Waals surface area (Å²) in [5.74, 6) is -0.641. The highest BCUT2D eigenvalue weighted by Gasteiger charge is 2.36. The Kier molecular flexibility index (Phi) is 7.91. The molecule has 1 unspecified atom stereocenters. The molecule has 0 aliphatic carbocycles. The molecule has 0 radical (unpaired) electrons. The van der Waals surface area contributed by atoms with Crippen LogP contribution < -0.4 is 4.90 Å². The minimum Gasteiger partial charge on any atom is -0.334 e. The largest absolute Gasteiger partial charge is 0.417 e. The number of nitrogens with zero attached hydrogens (tertiary/aromatic N) is 4. The van der Waals surface area contributed by atoms with Crippen molar-refractivity contribution in [2.45, 2.75) is 51.5 Å². The lowest BCUT2D eigenvalue weighted by Crippen LogP contribution is -2.39. The number of aryl methyl sites for hydroxylation is 1. The van der Waals surface area contributed by atoms with Crippen LogP contribution in [0.15, 0.2) is 103 Å². The number of benzene rings is 3. The van der Waals surface area contributed by atoms with Crippen LogP contribution in [0.5, 0.6) is 0 Å². The lowest BCUT2D eigenvalue weighted by atomic mass is 9.93. The van der Waals surface area contributed by atoms with Crippen molar-refractivity contribution < 1.29 is 22.8 Å². The van der Waals surface area contributed by atoms with Gasteiger partial charge in [-0.3, -0.25) is 14.6 Å². The second-order valence-corrected chi connectivity index (χ2v) is 12.2. The van der Waals surface area contributed by atoms with Gasteiger partial charge in [-0.05, 0) is 90.4 Å². The highest BCUT2D eigenvalue weighted by Crippen LogP contribution is 2.40. The maximum atomic E-state index is 14.5. The summed E-state index contributed by atoms with van der Waals surface area (Å²) in [7, 11) is 0. The average Bonchev–Trinajstić information content (AvgIpc) is 3.40. The highest BCUT2D eigenvalue weighted by atomic mass is 19.4. The molecular formula is C38H33F3N4O2. The summed E-state index contributed by atoms with van der Waals surface area (Å²) >= 11 is 0. The fourth-order valence-corrected chi connectivity index (χ4v) is 6.95. The van der Waals surface area contributed by atoms with Crippen LogP contribution in [0.25, 0.3) is 11.1 Å². The number of fused-ring (bicyclic) bond motifs is 2. The number of halogens is 3. The van der Waals surface area contributed by atoms with Gasteiger partial charge in [0.15, 0.2) is 0 Å². The van der Waals surface area contributed by atoms with E-state index in [1.54, 1.807) is 55.6 Å². The van der Waals surface area contributed by atoms with E-state index >= 15 is 0 Å². The molecule has 2 amide bonds. The van der Waals surface area contributed by atoms with Gasteiger partial charge in [-0.25, -0.2) is 0 Å². The molecule has 6 nitrogen and oxygen atoms in total. The van der Waals surface area contributed by atoms with Crippen molar-refractivity contribution in [1.82, 2.24) is 14.5 Å². The van der Waals surface area contributed by atoms with E-state index in [0.29, 0.717) is 35.6 Å². The topological polar surface area (TPSA) is 58.4 Å². The summed E-state index contributed by atoms with van der Waals surface area (Å²) in [4.78, 5) is 36.1. The summed E-state index contributed by atoms with van der Waals surface area (Å²) in [5, 5.41) is 0. The molecule has 2 aromatic heterocycles. The molecule has 2 aliphatic heterocycles. The predicted molar refractivity (Wildman–Crippen MR) is 174 cm³/mol. The number of piperidine rings is 1. The van der Waals surface area contributed by atoms with E-state index < -0.39 is 17.6 Å². The molecule has 1 fully saturated rings. The summed E-state index contributed by atoms with van der Waals surface area (Å²) in [5.41, 5.74) is 3.91. The Hall–Kier alpha value is -5.18. The first-order chi connectivity index (χ1) is 22.7. The first-order valence-corrected chi connectivity index (χ1v) is 15.8. The van der Waals surface area contributed by atoms with Gasteiger partial charge in [0.1, 0.15) is 5.69 Å². The third-order valence-electron chi connectivity index (χ3n) is 9.31. The van der Waals surface area contributed by atoms with Crippen molar-refractivity contribution in [3.8, 4) is 11.1 Å². The number of likely N-dealkylation sites (tertiary alicyclic amines) is 1. The summed E-state index contributed by atoms with van der Waals surface area (Å²) in [6, 6.07) is 25.5. The van der Waals surface area contributed by atoms with Crippen molar-refractivity contribution in [2.24, 2.45) is 0 Å². The van der Waals surface area contributed by atoms with Gasteiger partial charge < -0.3 is 14.4 Å². The molecule has 9 heteroatoms. The van der Waals surface area contributed by atoms with E-state index in [2.05, 4.69) is 4.98 Å². The molecule has 238 valence electrons. The minimum atomic E-state index is -4.67. The number of aromatic nitrogens is 2. The molecule has 2 aliphatic rings. The Morgan fingerprint density at radius 2 is 1.64 bits per heavy atom. The van der Waals surface area contributed by atoms with Crippen LogP contribution in [0.3, 0.4) is 0 Å². The van der Waals surface area contributed by atoms with Crippen LogP contribution in [0.4, 0.5) is 18.9 Å². The van der Waals surface area contributed by atoms with Crippen LogP contribution in [0, 0.1) is 6.92 Å². The lowest BCUT2D eigenvalue weighted by Gasteiger charge is -2.36. The first-order valence-electron chi connectivity index (χ1n) is 15.8. The quantitative estimate of drug-likeness (QED) is 0.199. The van der Waals surface area contributed by atoms with Gasteiger partial charge in [-0.2, -0.15) is 13.2 Å². The van der Waals surface area contributed by atoms with Crippen LogP contribution in [-0.2, 0) is 19.3 Å². The zero-order chi connectivity index (χ0) is 32.7. The number of carbonyl (C=O) groups excluding carboxylic acids is 2. The normalized spacial score (nSPS) is 16.3. The van der Waals surface area contributed by atoms with E-state index in [-0.39, 0.29) is 29.6 Å². The number of pyridine rings is 1. The molecule has 0 N–H and O–H groups in total. The van der Waals surface area contributed by atoms with Gasteiger partial charge in [0.05, 0.1) is 24.7 Å². The summed E-state index contributed by atoms with van der Waals surface area (Å²) in [6.07, 6.45) is 1.63. The summed E-state index contributed by atoms with van der Waals surface area (Å²) in [6.45, 7) is 2.83. The number of para-hydroxylation sites is 1. The SMILES string of the molecule is Cc1ccccc1-c1ccc(C(=O)N2Cc3ccc(C(=O)N4CCCCC4c4cccnc4)n3Cc3ccccc32)cc1C(F)(F)F. The second-order valence-electron chi connectivity index (χ2n) is 12.2. The van der Waals surface area contributed by atoms with Crippen molar-refractivity contribution in [3.05, 3.63) is 143 Å². The van der Waals surface area contributed by atoms with Crippen molar-refractivity contribution in [3.63, 3.8) is 0 Å². The molecule has 1 saturated heterocycles. The molecule has 0 bridgehead atoms. The van der Waals surface area contributed by atoms with Crippen molar-refractivity contribution >= 4 is 17.5 Å². The fourth-order valence-electron chi connectivity index (χ4n) is 6.95.